The van der Waals surface area contributed by atoms with Crippen LogP contribution in [0.15, 0.2) is 109 Å². The molecule has 0 aliphatic carbocycles. The maximum Gasteiger partial charge on any atom is 0.472 e. The minimum Gasteiger partial charge on any atom is -0.462 e. The Kier molecular flexibility index (Phi) is 68.0. The van der Waals surface area contributed by atoms with E-state index in [0.29, 0.717) is 25.7 Å². The second-order valence-electron chi connectivity index (χ2n) is 25.2. The average molecular weight is 1420 g/mol. The highest BCUT2D eigenvalue weighted by Crippen LogP contribution is 2.45. The molecule has 98 heavy (non-hydrogen) atoms. The summed E-state index contributed by atoms with van der Waals surface area (Å²) in [5.41, 5.74) is 0. The monoisotopic (exact) mass is 1420 g/mol. The Balaban J connectivity index is 5.35. The molecule has 564 valence electrons. The molecular formula is C79H136O17P2. The van der Waals surface area contributed by atoms with E-state index in [0.717, 1.165) is 167 Å². The van der Waals surface area contributed by atoms with Crippen molar-refractivity contribution in [3.05, 3.63) is 109 Å². The second-order valence-corrected chi connectivity index (χ2v) is 28.1. The van der Waals surface area contributed by atoms with Gasteiger partial charge in [0.1, 0.15) is 19.3 Å². The molecule has 0 aromatic rings. The van der Waals surface area contributed by atoms with Gasteiger partial charge in [-0.15, -0.1) is 0 Å². The lowest BCUT2D eigenvalue weighted by Crippen LogP contribution is -2.30. The van der Waals surface area contributed by atoms with Crippen LogP contribution in [0.3, 0.4) is 0 Å². The largest absolute Gasteiger partial charge is 0.472 e. The van der Waals surface area contributed by atoms with E-state index in [9.17, 15) is 43.2 Å². The van der Waals surface area contributed by atoms with Crippen LogP contribution in [0.1, 0.15) is 310 Å². The van der Waals surface area contributed by atoms with Gasteiger partial charge in [0.25, 0.3) is 0 Å². The Morgan fingerprint density at radius 1 is 0.296 bits per heavy atom. The number of unbranched alkanes of at least 4 members (excludes halogenated alkanes) is 27. The summed E-state index contributed by atoms with van der Waals surface area (Å²) in [7, 11) is -9.96. The van der Waals surface area contributed by atoms with Crippen LogP contribution >= 0.6 is 15.6 Å². The first-order valence-corrected chi connectivity index (χ1v) is 41.1. The Hall–Kier alpha value is -4.28. The summed E-state index contributed by atoms with van der Waals surface area (Å²) >= 11 is 0. The summed E-state index contributed by atoms with van der Waals surface area (Å²) in [6.45, 7) is 4.55. The molecule has 0 saturated heterocycles. The van der Waals surface area contributed by atoms with Crippen molar-refractivity contribution in [1.29, 1.82) is 0 Å². The summed E-state index contributed by atoms with van der Waals surface area (Å²) in [5.74, 6) is -2.23. The van der Waals surface area contributed by atoms with Crippen LogP contribution in [-0.4, -0.2) is 96.7 Å². The number of ether oxygens (including phenoxy) is 4. The fourth-order valence-corrected chi connectivity index (χ4v) is 11.5. The molecular weight excluding hydrogens is 1280 g/mol. The van der Waals surface area contributed by atoms with E-state index in [1.54, 1.807) is 0 Å². The molecule has 0 fully saturated rings. The number of carbonyl (C=O) groups excluding carboxylic acids is 4. The third-order valence-corrected chi connectivity index (χ3v) is 17.6. The van der Waals surface area contributed by atoms with Crippen molar-refractivity contribution in [3.63, 3.8) is 0 Å². The zero-order valence-electron chi connectivity index (χ0n) is 61.4. The molecule has 3 N–H and O–H groups in total. The highest BCUT2D eigenvalue weighted by Gasteiger charge is 2.30. The van der Waals surface area contributed by atoms with Crippen molar-refractivity contribution in [1.82, 2.24) is 0 Å². The maximum absolute atomic E-state index is 13.1. The molecule has 0 aliphatic rings. The van der Waals surface area contributed by atoms with Gasteiger partial charge < -0.3 is 33.8 Å². The minimum absolute atomic E-state index is 0.0777. The van der Waals surface area contributed by atoms with Crippen LogP contribution < -0.4 is 0 Å². The fraction of sp³-hybridized carbons (Fsp3) is 0.722. The van der Waals surface area contributed by atoms with Crippen molar-refractivity contribution in [3.8, 4) is 0 Å². The smallest absolute Gasteiger partial charge is 0.462 e. The molecule has 0 amide bonds. The number of hydrogen-bond donors (Lipinski definition) is 3. The molecule has 19 heteroatoms. The molecule has 0 aliphatic heterocycles. The third-order valence-electron chi connectivity index (χ3n) is 15.7. The minimum atomic E-state index is -4.98. The van der Waals surface area contributed by atoms with Gasteiger partial charge in [0.15, 0.2) is 12.2 Å². The molecule has 17 nitrogen and oxygen atoms in total. The standard InChI is InChI=1S/C79H136O17P2/c1-5-9-13-17-21-25-29-32-34-36-38-41-44-47-51-55-59-63-76(81)89-69-74(95-78(83)65-61-57-53-49-43-28-24-20-16-12-8-4)71-93-97(85,86)91-67-73(80)68-92-98(87,88)94-72-75(96-79(84)66-62-58-54-50-46-40-31-27-23-19-15-11-7-3)70-90-77(82)64-60-56-52-48-45-42-39-37-35-33-30-26-22-18-14-10-6-2/h9-10,13-14,20-22,24-26,32-35,38-39,41-42,73-75,80H,5-8,11-12,15-19,23,27-31,36-37,40,43-72H2,1-4H3,(H,85,86)(H,87,88)/b13-9-,14-10-,24-20-,25-21-,26-22-,34-32-,35-33-,41-38-,42-39-. The summed E-state index contributed by atoms with van der Waals surface area (Å²) in [6, 6.07) is 0. The first kappa shape index (κ1) is 93.7. The van der Waals surface area contributed by atoms with E-state index in [2.05, 4.69) is 137 Å². The molecule has 0 aromatic carbocycles. The molecule has 0 saturated carbocycles. The summed E-state index contributed by atoms with van der Waals surface area (Å²) in [4.78, 5) is 72.8. The first-order chi connectivity index (χ1) is 47.7. The van der Waals surface area contributed by atoms with Crippen LogP contribution in [0.5, 0.6) is 0 Å². The lowest BCUT2D eigenvalue weighted by Gasteiger charge is -2.21. The van der Waals surface area contributed by atoms with Crippen molar-refractivity contribution < 1.29 is 80.2 Å². The number of aliphatic hydroxyl groups excluding tert-OH is 1. The average Bonchev–Trinajstić information content (AvgIpc) is 0.985. The number of esters is 4. The van der Waals surface area contributed by atoms with E-state index in [-0.39, 0.29) is 25.7 Å². The predicted molar refractivity (Wildman–Crippen MR) is 399 cm³/mol. The van der Waals surface area contributed by atoms with Gasteiger partial charge in [-0.1, -0.05) is 272 Å². The molecule has 0 rings (SSSR count). The van der Waals surface area contributed by atoms with Crippen molar-refractivity contribution in [2.24, 2.45) is 0 Å². The number of allylic oxidation sites excluding steroid dienone is 18. The maximum atomic E-state index is 13.1. The molecule has 0 heterocycles. The fourth-order valence-electron chi connectivity index (χ4n) is 9.95. The van der Waals surface area contributed by atoms with Crippen LogP contribution in [0.4, 0.5) is 0 Å². The van der Waals surface area contributed by atoms with E-state index in [1.807, 2.05) is 0 Å². The van der Waals surface area contributed by atoms with Gasteiger partial charge in [-0.2, -0.15) is 0 Å². The van der Waals surface area contributed by atoms with Crippen LogP contribution in [0.2, 0.25) is 0 Å². The lowest BCUT2D eigenvalue weighted by atomic mass is 10.0. The highest BCUT2D eigenvalue weighted by molar-refractivity contribution is 7.47. The highest BCUT2D eigenvalue weighted by atomic mass is 31.2. The number of carbonyl (C=O) groups is 4. The summed E-state index contributed by atoms with van der Waals surface area (Å²) in [6.07, 6.45) is 75.1. The number of rotatable bonds is 71. The zero-order chi connectivity index (χ0) is 71.8. The molecule has 0 spiro atoms. The van der Waals surface area contributed by atoms with Gasteiger partial charge in [0, 0.05) is 25.7 Å². The Morgan fingerprint density at radius 2 is 0.541 bits per heavy atom. The topological polar surface area (TPSA) is 237 Å². The first-order valence-electron chi connectivity index (χ1n) is 38.1. The zero-order valence-corrected chi connectivity index (χ0v) is 63.2. The van der Waals surface area contributed by atoms with Gasteiger partial charge in [-0.05, 0) is 122 Å². The van der Waals surface area contributed by atoms with Crippen molar-refractivity contribution in [2.75, 3.05) is 39.6 Å². The normalized spacial score (nSPS) is 14.6. The number of phosphoric acid groups is 2. The molecule has 0 bridgehead atoms. The quantitative estimate of drug-likeness (QED) is 0.0169. The molecule has 5 unspecified atom stereocenters. The Labute approximate surface area is 594 Å². The number of aliphatic hydroxyl groups is 1. The van der Waals surface area contributed by atoms with Crippen LogP contribution in [0.25, 0.3) is 0 Å². The summed E-state index contributed by atoms with van der Waals surface area (Å²) < 4.78 is 68.4. The van der Waals surface area contributed by atoms with Crippen molar-refractivity contribution >= 4 is 39.5 Å². The van der Waals surface area contributed by atoms with Crippen LogP contribution in [-0.2, 0) is 65.4 Å². The predicted octanol–water partition coefficient (Wildman–Crippen LogP) is 21.8. The van der Waals surface area contributed by atoms with E-state index >= 15 is 0 Å². The van der Waals surface area contributed by atoms with Crippen molar-refractivity contribution in [2.45, 2.75) is 329 Å². The molecule has 0 aromatic heterocycles. The number of hydrogen-bond acceptors (Lipinski definition) is 15. The van der Waals surface area contributed by atoms with Gasteiger partial charge in [-0.3, -0.25) is 37.3 Å². The Morgan fingerprint density at radius 3 is 0.857 bits per heavy atom. The Bertz CT molecular complexity index is 2290. The lowest BCUT2D eigenvalue weighted by molar-refractivity contribution is -0.161. The molecule has 0 radical (unpaired) electrons. The van der Waals surface area contributed by atoms with Crippen LogP contribution in [0, 0.1) is 0 Å². The summed E-state index contributed by atoms with van der Waals surface area (Å²) in [5, 5.41) is 10.6. The van der Waals surface area contributed by atoms with Gasteiger partial charge in [0.05, 0.1) is 26.4 Å². The van der Waals surface area contributed by atoms with E-state index in [4.69, 9.17) is 37.0 Å². The van der Waals surface area contributed by atoms with Gasteiger partial charge >= 0.3 is 39.5 Å². The second kappa shape index (κ2) is 71.1. The molecule has 5 atom stereocenters. The third kappa shape index (κ3) is 70.2. The van der Waals surface area contributed by atoms with E-state index in [1.165, 1.54) is 64.2 Å². The SMILES string of the molecule is CC/C=C\C/C=C\C/C=C\C/C=C\CCCCCCC(=O)OCC(COP(=O)(O)OCC(O)COP(=O)(O)OCC(COC(=O)CCCCCC/C=C\C/C=C\C/C=C\C/C=C\CC)OC(=O)CCCCCCCCCCCCCCC)OC(=O)CCCCCCC/C=C\CCCC. The number of phosphoric ester groups is 2. The van der Waals surface area contributed by atoms with Gasteiger partial charge in [0.2, 0.25) is 0 Å². The van der Waals surface area contributed by atoms with E-state index < -0.39 is 97.5 Å². The van der Waals surface area contributed by atoms with Gasteiger partial charge in [-0.25, -0.2) is 9.13 Å².